The Bertz CT molecular complexity index is 1630. The van der Waals surface area contributed by atoms with E-state index in [2.05, 4.69) is 28.5 Å². The van der Waals surface area contributed by atoms with E-state index in [-0.39, 0.29) is 34.3 Å². The number of anilines is 2. The van der Waals surface area contributed by atoms with Crippen molar-refractivity contribution in [1.82, 2.24) is 10.2 Å². The Balaban J connectivity index is 1.44. The molecule has 3 N–H and O–H groups in total. The molecule has 1 aromatic heterocycles. The third-order valence-electron chi connectivity index (χ3n) is 7.37. The zero-order valence-corrected chi connectivity index (χ0v) is 25.6. The van der Waals surface area contributed by atoms with E-state index in [9.17, 15) is 14.9 Å². The van der Waals surface area contributed by atoms with Gasteiger partial charge in [-0.05, 0) is 53.6 Å². The molecule has 1 aliphatic carbocycles. The van der Waals surface area contributed by atoms with Gasteiger partial charge in [0.2, 0.25) is 11.0 Å². The summed E-state index contributed by atoms with van der Waals surface area (Å²) in [5.41, 5.74) is 10.6. The van der Waals surface area contributed by atoms with E-state index in [0.29, 0.717) is 33.6 Å². The van der Waals surface area contributed by atoms with Crippen molar-refractivity contribution in [3.05, 3.63) is 82.3 Å². The molecule has 1 amide bonds. The van der Waals surface area contributed by atoms with Crippen LogP contribution in [0.4, 0.5) is 10.8 Å². The standard InChI is InChI=1S/C31H32N6O3S2/c1-5-18-9-11-20(12-10-18)34-25(39)17-41-30-36-35-29(42-30)37-23-14-31(2,3)15-24(38)27(23)26(22(16-32)28(37)33)19-7-6-8-21(13-19)40-4/h6-13,26H,5,14-15,17,33H2,1-4H3,(H,34,39). The Morgan fingerprint density at radius 2 is 2.00 bits per heavy atom. The summed E-state index contributed by atoms with van der Waals surface area (Å²) in [6, 6.07) is 17.4. The molecule has 0 fully saturated rings. The fourth-order valence-corrected chi connectivity index (χ4v) is 7.06. The van der Waals surface area contributed by atoms with Crippen molar-refractivity contribution >= 4 is 45.6 Å². The number of Topliss-reactive ketones (excluding diaryl/α,β-unsaturated/α-hetero) is 1. The lowest BCUT2D eigenvalue weighted by Gasteiger charge is -2.42. The maximum Gasteiger partial charge on any atom is 0.234 e. The number of benzene rings is 2. The van der Waals surface area contributed by atoms with Crippen molar-refractivity contribution in [2.75, 3.05) is 23.1 Å². The highest BCUT2D eigenvalue weighted by Crippen LogP contribution is 2.51. The number of nitrogens with two attached hydrogens (primary N) is 1. The van der Waals surface area contributed by atoms with Crippen LogP contribution in [0.15, 0.2) is 75.5 Å². The first-order valence-electron chi connectivity index (χ1n) is 13.6. The smallest absolute Gasteiger partial charge is 0.234 e. The van der Waals surface area contributed by atoms with Gasteiger partial charge in [0.25, 0.3) is 0 Å². The molecule has 5 rings (SSSR count). The van der Waals surface area contributed by atoms with Crippen LogP contribution in [0.3, 0.4) is 0 Å². The van der Waals surface area contributed by atoms with Crippen LogP contribution < -0.4 is 20.7 Å². The number of nitrogens with zero attached hydrogens (tertiary/aromatic N) is 4. The third-order valence-corrected chi connectivity index (χ3v) is 9.41. The molecule has 1 atom stereocenters. The number of ether oxygens (including phenoxy) is 1. The van der Waals surface area contributed by atoms with E-state index in [1.807, 2.05) is 62.4 Å². The Kier molecular flexibility index (Phi) is 8.38. The Morgan fingerprint density at radius 3 is 2.69 bits per heavy atom. The molecule has 0 spiro atoms. The number of aromatic nitrogens is 2. The van der Waals surface area contributed by atoms with Crippen LogP contribution in [-0.2, 0) is 16.0 Å². The number of hydrogen-bond donors (Lipinski definition) is 2. The van der Waals surface area contributed by atoms with Crippen LogP contribution in [0, 0.1) is 16.7 Å². The van der Waals surface area contributed by atoms with Gasteiger partial charge in [-0.2, -0.15) is 5.26 Å². The molecule has 0 saturated carbocycles. The Hall–Kier alpha value is -4.14. The minimum Gasteiger partial charge on any atom is -0.497 e. The van der Waals surface area contributed by atoms with Crippen LogP contribution in [-0.4, -0.2) is 34.8 Å². The van der Waals surface area contributed by atoms with Gasteiger partial charge in [0.15, 0.2) is 10.1 Å². The highest BCUT2D eigenvalue weighted by molar-refractivity contribution is 8.01. The number of nitriles is 1. The number of carbonyl (C=O) groups is 2. The van der Waals surface area contributed by atoms with Gasteiger partial charge in [-0.25, -0.2) is 0 Å². The third kappa shape index (κ3) is 5.91. The summed E-state index contributed by atoms with van der Waals surface area (Å²) < 4.78 is 6.00. The fraction of sp³-hybridized carbons (Fsp3) is 0.323. The first-order chi connectivity index (χ1) is 20.1. The first-order valence-corrected chi connectivity index (χ1v) is 15.4. The van der Waals surface area contributed by atoms with Gasteiger partial charge in [0, 0.05) is 23.4 Å². The first kappa shape index (κ1) is 29.4. The average molecular weight is 601 g/mol. The average Bonchev–Trinajstić information content (AvgIpc) is 3.43. The molecule has 0 radical (unpaired) electrons. The molecule has 0 bridgehead atoms. The van der Waals surface area contributed by atoms with Gasteiger partial charge in [-0.15, -0.1) is 10.2 Å². The van der Waals surface area contributed by atoms with E-state index in [1.54, 1.807) is 12.0 Å². The van der Waals surface area contributed by atoms with Crippen molar-refractivity contribution in [3.63, 3.8) is 0 Å². The Morgan fingerprint density at radius 1 is 1.24 bits per heavy atom. The summed E-state index contributed by atoms with van der Waals surface area (Å²) in [4.78, 5) is 28.0. The van der Waals surface area contributed by atoms with Gasteiger partial charge < -0.3 is 15.8 Å². The predicted molar refractivity (Wildman–Crippen MR) is 165 cm³/mol. The van der Waals surface area contributed by atoms with E-state index in [4.69, 9.17) is 10.5 Å². The molecular weight excluding hydrogens is 569 g/mol. The molecule has 2 heterocycles. The van der Waals surface area contributed by atoms with E-state index in [1.165, 1.54) is 28.7 Å². The SMILES string of the molecule is CCc1ccc(NC(=O)CSc2nnc(N3C(N)=C(C#N)C(c4cccc(OC)c4)C4=C3CC(C)(C)CC4=O)s2)cc1. The minimum absolute atomic E-state index is 0.0259. The number of allylic oxidation sites excluding steroid dienone is 3. The van der Waals surface area contributed by atoms with Crippen molar-refractivity contribution in [3.8, 4) is 11.8 Å². The highest BCUT2D eigenvalue weighted by Gasteiger charge is 2.45. The lowest BCUT2D eigenvalue weighted by atomic mass is 9.68. The summed E-state index contributed by atoms with van der Waals surface area (Å²) in [6.45, 7) is 6.17. The van der Waals surface area contributed by atoms with Crippen LogP contribution in [0.2, 0.25) is 0 Å². The summed E-state index contributed by atoms with van der Waals surface area (Å²) >= 11 is 2.53. The summed E-state index contributed by atoms with van der Waals surface area (Å²) in [7, 11) is 1.58. The molecule has 0 saturated heterocycles. The molecule has 2 aromatic carbocycles. The van der Waals surface area contributed by atoms with Crippen molar-refractivity contribution in [2.24, 2.45) is 11.1 Å². The molecule has 3 aromatic rings. The number of rotatable bonds is 8. The maximum atomic E-state index is 13.7. The zero-order valence-electron chi connectivity index (χ0n) is 23.9. The predicted octanol–water partition coefficient (Wildman–Crippen LogP) is 5.78. The molecule has 2 aliphatic rings. The van der Waals surface area contributed by atoms with Crippen molar-refractivity contribution in [1.29, 1.82) is 5.26 Å². The van der Waals surface area contributed by atoms with Crippen LogP contribution in [0.5, 0.6) is 5.75 Å². The number of amides is 1. The molecule has 1 aliphatic heterocycles. The molecule has 11 heteroatoms. The molecular formula is C31H32N6O3S2. The van der Waals surface area contributed by atoms with Gasteiger partial charge in [-0.1, -0.05) is 68.1 Å². The van der Waals surface area contributed by atoms with E-state index >= 15 is 0 Å². The Labute approximate surface area is 253 Å². The summed E-state index contributed by atoms with van der Waals surface area (Å²) in [5, 5.41) is 22.3. The maximum absolute atomic E-state index is 13.7. The fourth-order valence-electron chi connectivity index (χ4n) is 5.38. The molecule has 42 heavy (non-hydrogen) atoms. The number of hydrogen-bond acceptors (Lipinski definition) is 10. The second kappa shape index (κ2) is 12.0. The number of carbonyl (C=O) groups excluding carboxylic acids is 2. The molecule has 216 valence electrons. The number of nitrogens with one attached hydrogen (secondary N) is 1. The molecule has 9 nitrogen and oxygen atoms in total. The monoisotopic (exact) mass is 600 g/mol. The van der Waals surface area contributed by atoms with Gasteiger partial charge in [0.05, 0.1) is 30.4 Å². The van der Waals surface area contributed by atoms with E-state index < -0.39 is 5.92 Å². The van der Waals surface area contributed by atoms with Gasteiger partial charge in [0.1, 0.15) is 11.6 Å². The van der Waals surface area contributed by atoms with Gasteiger partial charge in [-0.3, -0.25) is 14.5 Å². The second-order valence-electron chi connectivity index (χ2n) is 11.0. The summed E-state index contributed by atoms with van der Waals surface area (Å²) in [5.74, 6) is 0.200. The number of aryl methyl sites for hydroxylation is 1. The number of thioether (sulfide) groups is 1. The normalized spacial score (nSPS) is 18.0. The van der Waals surface area contributed by atoms with Crippen LogP contribution in [0.25, 0.3) is 0 Å². The van der Waals surface area contributed by atoms with E-state index in [0.717, 1.165) is 23.4 Å². The van der Waals surface area contributed by atoms with Crippen LogP contribution in [0.1, 0.15) is 50.7 Å². The largest absolute Gasteiger partial charge is 0.497 e. The van der Waals surface area contributed by atoms with Crippen molar-refractivity contribution < 1.29 is 14.3 Å². The van der Waals surface area contributed by atoms with Crippen LogP contribution >= 0.6 is 23.1 Å². The zero-order chi connectivity index (χ0) is 30.0. The number of ketones is 1. The lowest BCUT2D eigenvalue weighted by molar-refractivity contribution is -0.118. The summed E-state index contributed by atoms with van der Waals surface area (Å²) in [6.07, 6.45) is 1.85. The highest BCUT2D eigenvalue weighted by atomic mass is 32.2. The lowest BCUT2D eigenvalue weighted by Crippen LogP contribution is -2.42. The number of methoxy groups -OCH3 is 1. The second-order valence-corrected chi connectivity index (χ2v) is 13.2. The minimum atomic E-state index is -0.614. The van der Waals surface area contributed by atoms with Crippen molar-refractivity contribution in [2.45, 2.75) is 50.3 Å². The van der Waals surface area contributed by atoms with Gasteiger partial charge >= 0.3 is 0 Å². The topological polar surface area (TPSA) is 134 Å². The molecule has 1 unspecified atom stereocenters. The quantitative estimate of drug-likeness (QED) is 0.309.